The van der Waals surface area contributed by atoms with Gasteiger partial charge < -0.3 is 4.90 Å². The molecule has 0 saturated heterocycles. The molecule has 5 heteroatoms. The number of para-hydroxylation sites is 1. The Morgan fingerprint density at radius 3 is 2.36 bits per heavy atom. The number of carbonyl (C=O) groups is 1. The summed E-state index contributed by atoms with van der Waals surface area (Å²) in [5.74, 6) is 0.614. The van der Waals surface area contributed by atoms with Gasteiger partial charge in [0, 0.05) is 30.9 Å². The van der Waals surface area contributed by atoms with Crippen LogP contribution in [0.2, 0.25) is 0 Å². The van der Waals surface area contributed by atoms with Crippen LogP contribution in [0.15, 0.2) is 66.9 Å². The SMILES string of the molecule is CSCC(=O)N(C)Cc1cn(-c2ccccc2)nc1-c1ccccc1. The van der Waals surface area contributed by atoms with Crippen molar-refractivity contribution in [2.75, 3.05) is 19.1 Å². The number of thioether (sulfide) groups is 1. The van der Waals surface area contributed by atoms with Crippen molar-refractivity contribution < 1.29 is 4.79 Å². The number of rotatable bonds is 6. The van der Waals surface area contributed by atoms with E-state index in [0.717, 1.165) is 22.5 Å². The van der Waals surface area contributed by atoms with Gasteiger partial charge in [-0.2, -0.15) is 16.9 Å². The van der Waals surface area contributed by atoms with E-state index in [1.807, 2.05) is 84.8 Å². The maximum Gasteiger partial charge on any atom is 0.232 e. The highest BCUT2D eigenvalue weighted by Crippen LogP contribution is 2.24. The molecule has 1 amide bonds. The molecule has 1 heterocycles. The van der Waals surface area contributed by atoms with Crippen LogP contribution in [0, 0.1) is 0 Å². The van der Waals surface area contributed by atoms with Gasteiger partial charge >= 0.3 is 0 Å². The van der Waals surface area contributed by atoms with Crippen LogP contribution < -0.4 is 0 Å². The fourth-order valence-electron chi connectivity index (χ4n) is 2.65. The lowest BCUT2D eigenvalue weighted by Crippen LogP contribution is -2.27. The Morgan fingerprint density at radius 2 is 1.72 bits per heavy atom. The largest absolute Gasteiger partial charge is 0.341 e. The number of benzene rings is 2. The van der Waals surface area contributed by atoms with Gasteiger partial charge in [0.15, 0.2) is 0 Å². The molecule has 0 spiro atoms. The lowest BCUT2D eigenvalue weighted by Gasteiger charge is -2.16. The van der Waals surface area contributed by atoms with E-state index in [4.69, 9.17) is 5.10 Å². The molecule has 0 bridgehead atoms. The molecule has 0 atom stereocenters. The second kappa shape index (κ2) is 8.03. The summed E-state index contributed by atoms with van der Waals surface area (Å²) in [6.45, 7) is 0.538. The topological polar surface area (TPSA) is 38.1 Å². The summed E-state index contributed by atoms with van der Waals surface area (Å²) in [5.41, 5.74) is 4.00. The number of hydrogen-bond acceptors (Lipinski definition) is 3. The van der Waals surface area contributed by atoms with E-state index in [1.54, 1.807) is 4.90 Å². The van der Waals surface area contributed by atoms with Gasteiger partial charge in [0.25, 0.3) is 0 Å². The summed E-state index contributed by atoms with van der Waals surface area (Å²) in [7, 11) is 1.84. The van der Waals surface area contributed by atoms with Gasteiger partial charge in [0.05, 0.1) is 17.1 Å². The summed E-state index contributed by atoms with van der Waals surface area (Å²) in [4.78, 5) is 13.9. The zero-order chi connectivity index (χ0) is 17.6. The van der Waals surface area contributed by atoms with Crippen molar-refractivity contribution in [3.8, 4) is 16.9 Å². The molecule has 2 aromatic carbocycles. The first-order valence-electron chi connectivity index (χ1n) is 8.11. The Hall–Kier alpha value is -2.53. The first-order valence-corrected chi connectivity index (χ1v) is 9.50. The van der Waals surface area contributed by atoms with E-state index in [2.05, 4.69) is 0 Å². The minimum absolute atomic E-state index is 0.124. The maximum absolute atomic E-state index is 12.1. The van der Waals surface area contributed by atoms with Crippen molar-refractivity contribution in [3.63, 3.8) is 0 Å². The first-order chi connectivity index (χ1) is 12.2. The number of aromatic nitrogens is 2. The van der Waals surface area contributed by atoms with E-state index in [9.17, 15) is 4.79 Å². The number of carbonyl (C=O) groups excluding carboxylic acids is 1. The van der Waals surface area contributed by atoms with E-state index < -0.39 is 0 Å². The first kappa shape index (κ1) is 17.3. The van der Waals surface area contributed by atoms with Gasteiger partial charge in [0.1, 0.15) is 0 Å². The van der Waals surface area contributed by atoms with E-state index >= 15 is 0 Å². The quantitative estimate of drug-likeness (QED) is 0.677. The summed E-state index contributed by atoms with van der Waals surface area (Å²) in [5, 5.41) is 4.78. The molecule has 1 aromatic heterocycles. The monoisotopic (exact) mass is 351 g/mol. The molecule has 4 nitrogen and oxygen atoms in total. The molecule has 0 aliphatic rings. The lowest BCUT2D eigenvalue weighted by molar-refractivity contribution is -0.127. The molecule has 0 N–H and O–H groups in total. The summed E-state index contributed by atoms with van der Waals surface area (Å²) >= 11 is 1.54. The Balaban J connectivity index is 1.97. The van der Waals surface area contributed by atoms with Crippen molar-refractivity contribution in [3.05, 3.63) is 72.4 Å². The Labute approximate surface area is 152 Å². The molecule has 3 rings (SSSR count). The smallest absolute Gasteiger partial charge is 0.232 e. The molecular formula is C20H21N3OS. The van der Waals surface area contributed by atoms with E-state index in [0.29, 0.717) is 12.3 Å². The summed E-state index contributed by atoms with van der Waals surface area (Å²) < 4.78 is 1.88. The normalized spacial score (nSPS) is 10.6. The Bertz CT molecular complexity index is 831. The lowest BCUT2D eigenvalue weighted by atomic mass is 10.1. The molecule has 0 saturated carbocycles. The maximum atomic E-state index is 12.1. The van der Waals surface area contributed by atoms with Gasteiger partial charge in [-0.3, -0.25) is 4.79 Å². The minimum atomic E-state index is 0.124. The van der Waals surface area contributed by atoms with E-state index in [-0.39, 0.29) is 5.91 Å². The van der Waals surface area contributed by atoms with Gasteiger partial charge in [-0.05, 0) is 18.4 Å². The van der Waals surface area contributed by atoms with Gasteiger partial charge in [-0.25, -0.2) is 4.68 Å². The third kappa shape index (κ3) is 4.12. The van der Waals surface area contributed by atoms with Crippen LogP contribution in [-0.4, -0.2) is 39.6 Å². The standard InChI is InChI=1S/C20H21N3OS/c1-22(19(24)15-25-2)13-17-14-23(18-11-7-4-8-12-18)21-20(17)16-9-5-3-6-10-16/h3-12,14H,13,15H2,1-2H3. The van der Waals surface area contributed by atoms with Crippen molar-refractivity contribution in [1.29, 1.82) is 0 Å². The predicted molar refractivity (Wildman–Crippen MR) is 104 cm³/mol. The average molecular weight is 351 g/mol. The molecule has 0 aliphatic heterocycles. The van der Waals surface area contributed by atoms with Crippen LogP contribution in [0.25, 0.3) is 16.9 Å². The Morgan fingerprint density at radius 1 is 1.08 bits per heavy atom. The molecule has 3 aromatic rings. The van der Waals surface area contributed by atoms with Crippen molar-refractivity contribution >= 4 is 17.7 Å². The third-order valence-electron chi connectivity index (χ3n) is 3.96. The molecule has 0 fully saturated rings. The predicted octanol–water partition coefficient (Wildman–Crippen LogP) is 3.86. The summed E-state index contributed by atoms with van der Waals surface area (Å²) in [6.07, 6.45) is 3.95. The fourth-order valence-corrected chi connectivity index (χ4v) is 3.12. The highest BCUT2D eigenvalue weighted by Gasteiger charge is 2.16. The number of hydrogen-bond donors (Lipinski definition) is 0. The van der Waals surface area contributed by atoms with E-state index in [1.165, 1.54) is 11.8 Å². The molecule has 0 unspecified atom stereocenters. The highest BCUT2D eigenvalue weighted by atomic mass is 32.2. The van der Waals surface area contributed by atoms with Crippen LogP contribution in [0.1, 0.15) is 5.56 Å². The van der Waals surface area contributed by atoms with Crippen molar-refractivity contribution in [2.24, 2.45) is 0 Å². The van der Waals surface area contributed by atoms with Crippen molar-refractivity contribution in [1.82, 2.24) is 14.7 Å². The number of nitrogens with zero attached hydrogens (tertiary/aromatic N) is 3. The van der Waals surface area contributed by atoms with Crippen LogP contribution in [0.4, 0.5) is 0 Å². The van der Waals surface area contributed by atoms with Crippen molar-refractivity contribution in [2.45, 2.75) is 6.54 Å². The molecule has 0 aliphatic carbocycles. The molecule has 128 valence electrons. The Kier molecular flexibility index (Phi) is 5.56. The highest BCUT2D eigenvalue weighted by molar-refractivity contribution is 7.99. The van der Waals surface area contributed by atoms with Gasteiger partial charge in [-0.1, -0.05) is 48.5 Å². The molecule has 0 radical (unpaired) electrons. The number of amides is 1. The zero-order valence-electron chi connectivity index (χ0n) is 14.4. The fraction of sp³-hybridized carbons (Fsp3) is 0.200. The third-order valence-corrected chi connectivity index (χ3v) is 4.49. The van der Waals surface area contributed by atoms with Gasteiger partial charge in [-0.15, -0.1) is 0 Å². The van der Waals surface area contributed by atoms with Crippen LogP contribution in [0.3, 0.4) is 0 Å². The van der Waals surface area contributed by atoms with Crippen LogP contribution >= 0.6 is 11.8 Å². The molecule has 25 heavy (non-hydrogen) atoms. The molecular weight excluding hydrogens is 330 g/mol. The minimum Gasteiger partial charge on any atom is -0.341 e. The van der Waals surface area contributed by atoms with Crippen LogP contribution in [-0.2, 0) is 11.3 Å². The average Bonchev–Trinajstić information content (AvgIpc) is 3.07. The zero-order valence-corrected chi connectivity index (χ0v) is 15.2. The summed E-state index contributed by atoms with van der Waals surface area (Å²) in [6, 6.07) is 20.1. The van der Waals surface area contributed by atoms with Gasteiger partial charge in [0.2, 0.25) is 5.91 Å². The van der Waals surface area contributed by atoms with Crippen LogP contribution in [0.5, 0.6) is 0 Å². The second-order valence-electron chi connectivity index (χ2n) is 5.83. The second-order valence-corrected chi connectivity index (χ2v) is 6.70.